The Morgan fingerprint density at radius 3 is 2.46 bits per heavy atom. The molecule has 0 saturated heterocycles. The Hall–Kier alpha value is -3.21. The number of hydrogen-bond donors (Lipinski definition) is 1. The van der Waals surface area contributed by atoms with Gasteiger partial charge in [-0.3, -0.25) is 19.3 Å². The molecule has 1 heterocycles. The van der Waals surface area contributed by atoms with Gasteiger partial charge in [-0.15, -0.1) is 0 Å². The number of carbonyl (C=O) groups is 3. The summed E-state index contributed by atoms with van der Waals surface area (Å²) in [7, 11) is 0. The van der Waals surface area contributed by atoms with Crippen molar-refractivity contribution in [1.82, 2.24) is 0 Å². The van der Waals surface area contributed by atoms with Crippen LogP contribution in [0.3, 0.4) is 0 Å². The molecule has 1 atom stereocenters. The van der Waals surface area contributed by atoms with Gasteiger partial charge in [0, 0.05) is 30.0 Å². The lowest BCUT2D eigenvalue weighted by atomic mass is 9.77. The van der Waals surface area contributed by atoms with Crippen LogP contribution < -0.4 is 10.6 Å². The average Bonchev–Trinajstić information content (AvgIpc) is 2.68. The van der Waals surface area contributed by atoms with Crippen LogP contribution in [0, 0.1) is 6.92 Å². The van der Waals surface area contributed by atoms with Gasteiger partial charge in [0.05, 0.1) is 11.3 Å². The van der Waals surface area contributed by atoms with E-state index in [9.17, 15) is 14.4 Å². The van der Waals surface area contributed by atoms with Crippen LogP contribution in [-0.4, -0.2) is 17.6 Å². The lowest BCUT2D eigenvalue weighted by molar-refractivity contribution is -0.119. The Labute approximate surface area is 163 Å². The van der Waals surface area contributed by atoms with Crippen molar-refractivity contribution in [3.8, 4) is 0 Å². The Kier molecular flexibility index (Phi) is 4.59. The molecule has 0 saturated carbocycles. The van der Waals surface area contributed by atoms with Gasteiger partial charge in [0.1, 0.15) is 0 Å². The topological polar surface area (TPSA) is 80.5 Å². The number of nitrogens with two attached hydrogens (primary N) is 1. The summed E-state index contributed by atoms with van der Waals surface area (Å²) in [5, 5.41) is 0. The van der Waals surface area contributed by atoms with Gasteiger partial charge in [0.2, 0.25) is 5.91 Å². The zero-order valence-corrected chi connectivity index (χ0v) is 15.8. The van der Waals surface area contributed by atoms with Crippen molar-refractivity contribution in [2.45, 2.75) is 38.5 Å². The Balaban J connectivity index is 1.89. The van der Waals surface area contributed by atoms with Crippen molar-refractivity contribution in [2.75, 3.05) is 4.90 Å². The largest absolute Gasteiger partial charge is 0.366 e. The molecule has 2 aromatic rings. The Morgan fingerprint density at radius 2 is 1.75 bits per heavy atom. The van der Waals surface area contributed by atoms with Gasteiger partial charge < -0.3 is 5.73 Å². The first-order valence-electron chi connectivity index (χ1n) is 9.52. The van der Waals surface area contributed by atoms with Crippen molar-refractivity contribution in [3.63, 3.8) is 0 Å². The molecule has 0 aromatic heterocycles. The molecule has 5 nitrogen and oxygen atoms in total. The molecule has 4 rings (SSSR count). The lowest BCUT2D eigenvalue weighted by Gasteiger charge is -2.38. The number of benzene rings is 2. The molecule has 142 valence electrons. The van der Waals surface area contributed by atoms with E-state index in [0.717, 1.165) is 11.1 Å². The molecule has 0 radical (unpaired) electrons. The minimum absolute atomic E-state index is 0.0841. The van der Waals surface area contributed by atoms with E-state index >= 15 is 0 Å². The zero-order chi connectivity index (χ0) is 19.8. The maximum absolute atomic E-state index is 13.2. The molecule has 2 aliphatic rings. The first kappa shape index (κ1) is 18.2. The highest BCUT2D eigenvalue weighted by Crippen LogP contribution is 2.43. The van der Waals surface area contributed by atoms with Crippen LogP contribution in [0.4, 0.5) is 5.69 Å². The summed E-state index contributed by atoms with van der Waals surface area (Å²) in [6.45, 7) is 2.01. The fourth-order valence-electron chi connectivity index (χ4n) is 4.23. The van der Waals surface area contributed by atoms with Crippen LogP contribution in [0.1, 0.15) is 53.1 Å². The number of ketones is 1. The molecule has 2 aromatic carbocycles. The smallest absolute Gasteiger partial charge is 0.250 e. The Bertz CT molecular complexity index is 1000. The molecule has 28 heavy (non-hydrogen) atoms. The number of hydrogen-bond acceptors (Lipinski definition) is 3. The predicted molar refractivity (Wildman–Crippen MR) is 107 cm³/mol. The maximum Gasteiger partial charge on any atom is 0.250 e. The van der Waals surface area contributed by atoms with Crippen LogP contribution in [-0.2, 0) is 9.59 Å². The number of Topliss-reactive ketones (excluding diaryl/α,β-unsaturated/α-hetero) is 1. The van der Waals surface area contributed by atoms with E-state index in [0.29, 0.717) is 36.2 Å². The second-order valence-corrected chi connectivity index (χ2v) is 7.42. The number of nitrogens with zero attached hydrogens (tertiary/aromatic N) is 1. The molecule has 0 spiro atoms. The second-order valence-electron chi connectivity index (χ2n) is 7.42. The summed E-state index contributed by atoms with van der Waals surface area (Å²) in [5.41, 5.74) is 9.81. The molecule has 0 bridgehead atoms. The molecular weight excluding hydrogens is 352 g/mol. The normalized spacial score (nSPS) is 19.6. The van der Waals surface area contributed by atoms with Crippen LogP contribution in [0.5, 0.6) is 0 Å². The van der Waals surface area contributed by atoms with Crippen molar-refractivity contribution >= 4 is 23.3 Å². The van der Waals surface area contributed by atoms with Gasteiger partial charge in [0.25, 0.3) is 5.91 Å². The van der Waals surface area contributed by atoms with Crippen molar-refractivity contribution in [2.24, 2.45) is 5.73 Å². The summed E-state index contributed by atoms with van der Waals surface area (Å²) in [4.78, 5) is 39.6. The number of rotatable bonds is 3. The molecule has 0 fully saturated rings. The SMILES string of the molecule is Cc1ccc(C2CC(=O)N(c3ccccc3C(N)=O)C3=C2C(=O)CCC3)cc1. The zero-order valence-electron chi connectivity index (χ0n) is 15.8. The van der Waals surface area contributed by atoms with Crippen LogP contribution in [0.25, 0.3) is 0 Å². The molecule has 1 aliphatic carbocycles. The summed E-state index contributed by atoms with van der Waals surface area (Å²) in [6, 6.07) is 14.8. The minimum Gasteiger partial charge on any atom is -0.366 e. The number of para-hydroxylation sites is 1. The van der Waals surface area contributed by atoms with E-state index in [2.05, 4.69) is 0 Å². The van der Waals surface area contributed by atoms with E-state index in [4.69, 9.17) is 5.73 Å². The molecular formula is C23H22N2O3. The molecule has 1 aliphatic heterocycles. The number of anilines is 1. The van der Waals surface area contributed by atoms with Gasteiger partial charge in [-0.25, -0.2) is 0 Å². The second kappa shape index (κ2) is 7.08. The number of primary amides is 1. The van der Waals surface area contributed by atoms with E-state index < -0.39 is 5.91 Å². The summed E-state index contributed by atoms with van der Waals surface area (Å²) < 4.78 is 0. The standard InChI is InChI=1S/C23H22N2O3/c1-14-9-11-15(12-10-14)17-13-21(27)25(19-7-4-8-20(26)22(17)19)18-6-3-2-5-16(18)23(24)28/h2-3,5-6,9-12,17H,4,7-8,13H2,1H3,(H2,24,28). The van der Waals surface area contributed by atoms with Gasteiger partial charge >= 0.3 is 0 Å². The van der Waals surface area contributed by atoms with Crippen molar-refractivity contribution in [3.05, 3.63) is 76.5 Å². The van der Waals surface area contributed by atoms with Crippen LogP contribution in [0.15, 0.2) is 59.8 Å². The fourth-order valence-corrected chi connectivity index (χ4v) is 4.23. The molecule has 2 N–H and O–H groups in total. The average molecular weight is 374 g/mol. The van der Waals surface area contributed by atoms with Crippen LogP contribution >= 0.6 is 0 Å². The molecule has 1 unspecified atom stereocenters. The monoisotopic (exact) mass is 374 g/mol. The van der Waals surface area contributed by atoms with Gasteiger partial charge in [-0.1, -0.05) is 42.0 Å². The maximum atomic E-state index is 13.2. The summed E-state index contributed by atoms with van der Waals surface area (Å²) in [5.74, 6) is -0.866. The predicted octanol–water partition coefficient (Wildman–Crippen LogP) is 3.62. The van der Waals surface area contributed by atoms with E-state index in [1.165, 1.54) is 0 Å². The van der Waals surface area contributed by atoms with E-state index in [1.54, 1.807) is 29.2 Å². The fraction of sp³-hybridized carbons (Fsp3) is 0.261. The van der Waals surface area contributed by atoms with Gasteiger partial charge in [-0.2, -0.15) is 0 Å². The highest BCUT2D eigenvalue weighted by atomic mass is 16.2. The minimum atomic E-state index is -0.589. The van der Waals surface area contributed by atoms with Crippen LogP contribution in [0.2, 0.25) is 0 Å². The van der Waals surface area contributed by atoms with E-state index in [-0.39, 0.29) is 29.6 Å². The molecule has 2 amide bonds. The highest BCUT2D eigenvalue weighted by molar-refractivity contribution is 6.10. The third-order valence-electron chi connectivity index (χ3n) is 5.57. The first-order valence-corrected chi connectivity index (χ1v) is 9.52. The number of amides is 2. The summed E-state index contributed by atoms with van der Waals surface area (Å²) in [6.07, 6.45) is 2.00. The number of aryl methyl sites for hydroxylation is 1. The van der Waals surface area contributed by atoms with Gasteiger partial charge in [0.15, 0.2) is 5.78 Å². The van der Waals surface area contributed by atoms with E-state index in [1.807, 2.05) is 31.2 Å². The quantitative estimate of drug-likeness (QED) is 0.891. The Morgan fingerprint density at radius 1 is 1.04 bits per heavy atom. The lowest BCUT2D eigenvalue weighted by Crippen LogP contribution is -2.41. The number of carbonyl (C=O) groups excluding carboxylic acids is 3. The summed E-state index contributed by atoms with van der Waals surface area (Å²) >= 11 is 0. The molecule has 5 heteroatoms. The number of allylic oxidation sites excluding steroid dienone is 2. The third-order valence-corrected chi connectivity index (χ3v) is 5.57. The van der Waals surface area contributed by atoms with Crippen molar-refractivity contribution in [1.29, 1.82) is 0 Å². The third kappa shape index (κ3) is 3.03. The highest BCUT2D eigenvalue weighted by Gasteiger charge is 2.40. The first-order chi connectivity index (χ1) is 13.5. The van der Waals surface area contributed by atoms with Gasteiger partial charge in [-0.05, 0) is 37.5 Å². The van der Waals surface area contributed by atoms with Crippen molar-refractivity contribution < 1.29 is 14.4 Å².